The molecule has 2 rings (SSSR count). The molecule has 0 saturated carbocycles. The molecule has 0 aliphatic heterocycles. The molecular formula is C23H29NO2. The van der Waals surface area contributed by atoms with Crippen LogP contribution >= 0.6 is 0 Å². The van der Waals surface area contributed by atoms with E-state index in [1.165, 1.54) is 11.1 Å². The largest absolute Gasteiger partial charge is 0.336 e. The molecule has 0 fully saturated rings. The van der Waals surface area contributed by atoms with E-state index in [1.807, 2.05) is 32.0 Å². The van der Waals surface area contributed by atoms with E-state index >= 15 is 0 Å². The van der Waals surface area contributed by atoms with Crippen LogP contribution in [0.25, 0.3) is 0 Å². The van der Waals surface area contributed by atoms with Crippen molar-refractivity contribution in [3.05, 3.63) is 70.3 Å². The lowest BCUT2D eigenvalue weighted by Crippen LogP contribution is -2.40. The molecule has 0 heterocycles. The molecule has 1 amide bonds. The second-order valence-corrected chi connectivity index (χ2v) is 7.18. The average molecular weight is 351 g/mol. The van der Waals surface area contributed by atoms with Gasteiger partial charge in [0, 0.05) is 19.0 Å². The Morgan fingerprint density at radius 1 is 0.962 bits per heavy atom. The molecule has 26 heavy (non-hydrogen) atoms. The van der Waals surface area contributed by atoms with Gasteiger partial charge in [0.05, 0.1) is 6.04 Å². The summed E-state index contributed by atoms with van der Waals surface area (Å²) < 4.78 is 0. The van der Waals surface area contributed by atoms with Gasteiger partial charge >= 0.3 is 0 Å². The molecule has 138 valence electrons. The number of carbonyl (C=O) groups excluding carboxylic acids is 2. The van der Waals surface area contributed by atoms with Gasteiger partial charge in [0.2, 0.25) is 5.91 Å². The summed E-state index contributed by atoms with van der Waals surface area (Å²) in [7, 11) is 1.72. The predicted octanol–water partition coefficient (Wildman–Crippen LogP) is 4.66. The summed E-state index contributed by atoms with van der Waals surface area (Å²) in [5, 5.41) is 0. The third-order valence-corrected chi connectivity index (χ3v) is 5.12. The number of likely N-dealkylation sites (N-methyl/N-ethyl adjacent to an activating group) is 1. The summed E-state index contributed by atoms with van der Waals surface area (Å²) in [5.41, 5.74) is 5.40. The van der Waals surface area contributed by atoms with E-state index in [0.717, 1.165) is 24.0 Å². The second kappa shape index (κ2) is 8.79. The monoisotopic (exact) mass is 351 g/mol. The fourth-order valence-corrected chi connectivity index (χ4v) is 2.90. The fraction of sp³-hybridized carbons (Fsp3) is 0.391. The number of carbonyl (C=O) groups is 2. The molecule has 0 aromatic heterocycles. The van der Waals surface area contributed by atoms with Crippen molar-refractivity contribution in [3.63, 3.8) is 0 Å². The lowest BCUT2D eigenvalue weighted by molar-refractivity contribution is -0.131. The summed E-state index contributed by atoms with van der Waals surface area (Å²) in [5.74, 6) is 0.00396. The Balaban J connectivity index is 1.90. The molecule has 0 bridgehead atoms. The number of Topliss-reactive ketones (excluding diaryl/α,β-unsaturated/α-hetero) is 1. The van der Waals surface area contributed by atoms with Crippen LogP contribution in [0, 0.1) is 20.8 Å². The van der Waals surface area contributed by atoms with Gasteiger partial charge in [0.15, 0.2) is 5.78 Å². The molecule has 0 saturated heterocycles. The Hall–Kier alpha value is -2.42. The van der Waals surface area contributed by atoms with E-state index in [2.05, 4.69) is 31.2 Å². The standard InChI is InChI=1S/C23H29NO2/c1-16-9-12-20(13-10-16)7-6-8-22(25)24(5)19(4)23(26)21-14-11-17(2)18(3)15-21/h9-15,19H,6-8H2,1-5H3. The molecule has 0 spiro atoms. The molecular weight excluding hydrogens is 322 g/mol. The van der Waals surface area contributed by atoms with Crippen LogP contribution in [0.15, 0.2) is 42.5 Å². The molecule has 0 N–H and O–H groups in total. The highest BCUT2D eigenvalue weighted by Gasteiger charge is 2.23. The summed E-state index contributed by atoms with van der Waals surface area (Å²) in [4.78, 5) is 26.7. The minimum Gasteiger partial charge on any atom is -0.336 e. The maximum Gasteiger partial charge on any atom is 0.222 e. The highest BCUT2D eigenvalue weighted by Crippen LogP contribution is 2.15. The summed E-state index contributed by atoms with van der Waals surface area (Å²) >= 11 is 0. The predicted molar refractivity (Wildman–Crippen MR) is 107 cm³/mol. The van der Waals surface area contributed by atoms with Crippen LogP contribution in [0.5, 0.6) is 0 Å². The van der Waals surface area contributed by atoms with Gasteiger partial charge in [-0.1, -0.05) is 42.0 Å². The zero-order chi connectivity index (χ0) is 19.3. The SMILES string of the molecule is Cc1ccc(CCCC(=O)N(C)C(C)C(=O)c2ccc(C)c(C)c2)cc1. The Labute approximate surface area is 157 Å². The van der Waals surface area contributed by atoms with Crippen molar-refractivity contribution < 1.29 is 9.59 Å². The van der Waals surface area contributed by atoms with Gasteiger partial charge in [0.25, 0.3) is 0 Å². The molecule has 1 atom stereocenters. The number of ketones is 1. The summed E-state index contributed by atoms with van der Waals surface area (Å²) in [6.45, 7) is 7.89. The van der Waals surface area contributed by atoms with Crippen molar-refractivity contribution in [2.24, 2.45) is 0 Å². The molecule has 2 aromatic rings. The number of aryl methyl sites for hydroxylation is 4. The number of benzene rings is 2. The van der Waals surface area contributed by atoms with Gasteiger partial charge < -0.3 is 4.90 Å². The average Bonchev–Trinajstić information content (AvgIpc) is 2.63. The van der Waals surface area contributed by atoms with E-state index in [4.69, 9.17) is 0 Å². The van der Waals surface area contributed by atoms with Gasteiger partial charge in [-0.3, -0.25) is 9.59 Å². The first-order valence-electron chi connectivity index (χ1n) is 9.22. The minimum atomic E-state index is -0.455. The molecule has 2 aromatic carbocycles. The summed E-state index contributed by atoms with van der Waals surface area (Å²) in [6, 6.07) is 13.6. The maximum absolute atomic E-state index is 12.7. The van der Waals surface area contributed by atoms with Gasteiger partial charge in [-0.25, -0.2) is 0 Å². The van der Waals surface area contributed by atoms with Crippen molar-refractivity contribution in [2.45, 2.75) is 53.0 Å². The molecule has 0 aliphatic carbocycles. The molecule has 1 unspecified atom stereocenters. The van der Waals surface area contributed by atoms with E-state index in [-0.39, 0.29) is 11.7 Å². The molecule has 3 heteroatoms. The minimum absolute atomic E-state index is 0.0116. The first-order chi connectivity index (χ1) is 12.3. The zero-order valence-corrected chi connectivity index (χ0v) is 16.5. The van der Waals surface area contributed by atoms with E-state index in [9.17, 15) is 9.59 Å². The number of rotatable bonds is 7. The molecule has 0 aliphatic rings. The summed E-state index contributed by atoms with van der Waals surface area (Å²) in [6.07, 6.45) is 2.12. The molecule has 0 radical (unpaired) electrons. The quantitative estimate of drug-likeness (QED) is 0.680. The van der Waals surface area contributed by atoms with Crippen LogP contribution in [0.3, 0.4) is 0 Å². The second-order valence-electron chi connectivity index (χ2n) is 7.18. The van der Waals surface area contributed by atoms with Crippen molar-refractivity contribution in [1.29, 1.82) is 0 Å². The van der Waals surface area contributed by atoms with Crippen molar-refractivity contribution in [1.82, 2.24) is 4.90 Å². The van der Waals surface area contributed by atoms with Crippen LogP contribution in [0.2, 0.25) is 0 Å². The highest BCUT2D eigenvalue weighted by atomic mass is 16.2. The number of nitrogens with zero attached hydrogens (tertiary/aromatic N) is 1. The van der Waals surface area contributed by atoms with Crippen LogP contribution in [0.1, 0.15) is 52.4 Å². The van der Waals surface area contributed by atoms with Crippen LogP contribution < -0.4 is 0 Å². The van der Waals surface area contributed by atoms with Crippen LogP contribution in [-0.2, 0) is 11.2 Å². The van der Waals surface area contributed by atoms with Crippen LogP contribution in [0.4, 0.5) is 0 Å². The fourth-order valence-electron chi connectivity index (χ4n) is 2.90. The van der Waals surface area contributed by atoms with Crippen molar-refractivity contribution in [2.75, 3.05) is 7.05 Å². The topological polar surface area (TPSA) is 37.4 Å². The number of hydrogen-bond donors (Lipinski definition) is 0. The zero-order valence-electron chi connectivity index (χ0n) is 16.5. The van der Waals surface area contributed by atoms with E-state index in [1.54, 1.807) is 18.9 Å². The van der Waals surface area contributed by atoms with Gasteiger partial charge in [-0.05, 0) is 63.3 Å². The Bertz CT molecular complexity index is 777. The number of hydrogen-bond acceptors (Lipinski definition) is 2. The third kappa shape index (κ3) is 5.04. The smallest absolute Gasteiger partial charge is 0.222 e. The number of amides is 1. The molecule has 3 nitrogen and oxygen atoms in total. The third-order valence-electron chi connectivity index (χ3n) is 5.12. The first-order valence-corrected chi connectivity index (χ1v) is 9.22. The van der Waals surface area contributed by atoms with Crippen LogP contribution in [-0.4, -0.2) is 29.7 Å². The van der Waals surface area contributed by atoms with Crippen molar-refractivity contribution in [3.8, 4) is 0 Å². The van der Waals surface area contributed by atoms with E-state index < -0.39 is 6.04 Å². The Kier molecular flexibility index (Phi) is 6.73. The highest BCUT2D eigenvalue weighted by molar-refractivity contribution is 6.01. The lowest BCUT2D eigenvalue weighted by Gasteiger charge is -2.24. The Morgan fingerprint density at radius 2 is 1.62 bits per heavy atom. The first kappa shape index (κ1) is 19.9. The normalized spacial score (nSPS) is 11.9. The van der Waals surface area contributed by atoms with Crippen molar-refractivity contribution >= 4 is 11.7 Å². The van der Waals surface area contributed by atoms with E-state index in [0.29, 0.717) is 12.0 Å². The lowest BCUT2D eigenvalue weighted by atomic mass is 9.99. The van der Waals surface area contributed by atoms with Gasteiger partial charge in [0.1, 0.15) is 0 Å². The Morgan fingerprint density at radius 3 is 2.23 bits per heavy atom. The maximum atomic E-state index is 12.7. The van der Waals surface area contributed by atoms with Gasteiger partial charge in [-0.15, -0.1) is 0 Å². The van der Waals surface area contributed by atoms with Gasteiger partial charge in [-0.2, -0.15) is 0 Å².